The van der Waals surface area contributed by atoms with Crippen LogP contribution in [0.15, 0.2) is 24.8 Å². The van der Waals surface area contributed by atoms with E-state index in [9.17, 15) is 0 Å². The summed E-state index contributed by atoms with van der Waals surface area (Å²) in [5, 5.41) is 0. The zero-order chi connectivity index (χ0) is 10.6. The first-order valence-corrected chi connectivity index (χ1v) is 9.06. The Morgan fingerprint density at radius 1 is 1.43 bits per heavy atom. The maximum atomic E-state index is 3.73. The molecule has 0 atom stereocenters. The number of allylic oxidation sites excluding steroid dienone is 1. The van der Waals surface area contributed by atoms with Crippen LogP contribution in [-0.4, -0.2) is 8.07 Å². The predicted octanol–water partition coefficient (Wildman–Crippen LogP) is 3.71. The second-order valence-electron chi connectivity index (χ2n) is 4.26. The van der Waals surface area contributed by atoms with Crippen LogP contribution >= 0.6 is 11.3 Å². The van der Waals surface area contributed by atoms with Gasteiger partial charge in [0.15, 0.2) is 0 Å². The molecule has 0 radical (unpaired) electrons. The Kier molecular flexibility index (Phi) is 3.74. The van der Waals surface area contributed by atoms with Crippen molar-refractivity contribution in [2.75, 3.05) is 0 Å². The van der Waals surface area contributed by atoms with E-state index in [0.29, 0.717) is 0 Å². The predicted molar refractivity (Wildman–Crippen MR) is 68.4 cm³/mol. The van der Waals surface area contributed by atoms with Crippen molar-refractivity contribution in [1.82, 2.24) is 0 Å². The molecule has 0 unspecified atom stereocenters. The van der Waals surface area contributed by atoms with Crippen molar-refractivity contribution >= 4 is 19.4 Å². The Balaban J connectivity index is 2.76. The third-order valence-corrected chi connectivity index (χ3v) is 3.47. The molecule has 0 nitrogen and oxygen atoms in total. The Hall–Kier alpha value is -0.783. The molecule has 0 amide bonds. The highest BCUT2D eigenvalue weighted by Crippen LogP contribution is 2.16. The Bertz CT molecular complexity index is 371. The number of hydrogen-bond donors (Lipinski definition) is 0. The van der Waals surface area contributed by atoms with Gasteiger partial charge >= 0.3 is 0 Å². The van der Waals surface area contributed by atoms with Crippen LogP contribution in [0.3, 0.4) is 0 Å². The van der Waals surface area contributed by atoms with Crippen LogP contribution < -0.4 is 0 Å². The monoisotopic (exact) mass is 220 g/mol. The highest BCUT2D eigenvalue weighted by Gasteiger charge is 2.07. The summed E-state index contributed by atoms with van der Waals surface area (Å²) in [6, 6.07) is 4.25. The number of hydrogen-bond acceptors (Lipinski definition) is 1. The van der Waals surface area contributed by atoms with Crippen LogP contribution in [0.4, 0.5) is 0 Å². The fourth-order valence-corrected chi connectivity index (χ4v) is 2.40. The molecule has 1 aromatic rings. The summed E-state index contributed by atoms with van der Waals surface area (Å²) in [5.74, 6) is 3.26. The van der Waals surface area contributed by atoms with E-state index in [1.807, 2.05) is 6.08 Å². The zero-order valence-corrected chi connectivity index (χ0v) is 10.9. The van der Waals surface area contributed by atoms with Crippen molar-refractivity contribution in [3.8, 4) is 11.5 Å². The zero-order valence-electron chi connectivity index (χ0n) is 9.05. The third-order valence-electron chi connectivity index (χ3n) is 1.57. The molecule has 1 heterocycles. The summed E-state index contributed by atoms with van der Waals surface area (Å²) in [5.41, 5.74) is 3.37. The fourth-order valence-electron chi connectivity index (χ4n) is 0.946. The molecular formula is C12H16SSi. The summed E-state index contributed by atoms with van der Waals surface area (Å²) in [6.07, 6.45) is 2.89. The van der Waals surface area contributed by atoms with Crippen molar-refractivity contribution in [1.29, 1.82) is 0 Å². The van der Waals surface area contributed by atoms with Gasteiger partial charge in [0.05, 0.1) is 4.88 Å². The van der Waals surface area contributed by atoms with Crippen LogP contribution in [0.25, 0.3) is 0 Å². The van der Waals surface area contributed by atoms with E-state index in [0.717, 1.165) is 6.42 Å². The molecule has 0 N–H and O–H groups in total. The van der Waals surface area contributed by atoms with Crippen molar-refractivity contribution in [2.24, 2.45) is 0 Å². The molecule has 0 fully saturated rings. The van der Waals surface area contributed by atoms with E-state index in [4.69, 9.17) is 0 Å². The van der Waals surface area contributed by atoms with Gasteiger partial charge in [-0.2, -0.15) is 0 Å². The van der Waals surface area contributed by atoms with E-state index in [2.05, 4.69) is 49.8 Å². The summed E-state index contributed by atoms with van der Waals surface area (Å²) >= 11 is 1.78. The van der Waals surface area contributed by atoms with Gasteiger partial charge in [0.2, 0.25) is 0 Å². The molecule has 0 aliphatic rings. The highest BCUT2D eigenvalue weighted by molar-refractivity contribution is 7.12. The lowest BCUT2D eigenvalue weighted by Gasteiger charge is -2.02. The van der Waals surface area contributed by atoms with Crippen molar-refractivity contribution in [3.63, 3.8) is 0 Å². The minimum atomic E-state index is -1.22. The smallest absolute Gasteiger partial charge is 0.129 e. The van der Waals surface area contributed by atoms with Gasteiger partial charge in [-0.25, -0.2) is 0 Å². The first kappa shape index (κ1) is 11.3. The lowest BCUT2D eigenvalue weighted by atomic mass is 10.3. The lowest BCUT2D eigenvalue weighted by molar-refractivity contribution is 1.36. The standard InChI is InChI=1S/C12H16SSi/c1-5-6-11-7-8-12(13-11)9-10-14(2,3)4/h5,7-8H,1,6H2,2-4H3. The van der Waals surface area contributed by atoms with Crippen LogP contribution in [0.5, 0.6) is 0 Å². The van der Waals surface area contributed by atoms with E-state index in [1.165, 1.54) is 9.75 Å². The normalized spacial score (nSPS) is 10.5. The van der Waals surface area contributed by atoms with E-state index >= 15 is 0 Å². The molecule has 0 aliphatic carbocycles. The summed E-state index contributed by atoms with van der Waals surface area (Å²) in [6.45, 7) is 10.5. The minimum Gasteiger partial charge on any atom is -0.131 e. The van der Waals surface area contributed by atoms with Gasteiger partial charge in [-0.1, -0.05) is 31.6 Å². The second kappa shape index (κ2) is 4.63. The van der Waals surface area contributed by atoms with Gasteiger partial charge in [0.1, 0.15) is 8.07 Å². The maximum Gasteiger partial charge on any atom is 0.129 e. The molecule has 1 rings (SSSR count). The SMILES string of the molecule is C=CCc1ccc(C#C[Si](C)(C)C)s1. The average Bonchev–Trinajstić information content (AvgIpc) is 2.49. The summed E-state index contributed by atoms with van der Waals surface area (Å²) in [4.78, 5) is 2.53. The minimum absolute atomic E-state index is 0.958. The molecule has 0 saturated heterocycles. The molecule has 0 spiro atoms. The second-order valence-corrected chi connectivity index (χ2v) is 10.2. The van der Waals surface area contributed by atoms with Crippen LogP contribution in [0, 0.1) is 11.5 Å². The van der Waals surface area contributed by atoms with Crippen molar-refractivity contribution in [2.45, 2.75) is 26.1 Å². The van der Waals surface area contributed by atoms with Crippen LogP contribution in [-0.2, 0) is 6.42 Å². The van der Waals surface area contributed by atoms with Crippen molar-refractivity contribution in [3.05, 3.63) is 34.5 Å². The Labute approximate surface area is 91.7 Å². The summed E-state index contributed by atoms with van der Waals surface area (Å²) in [7, 11) is -1.22. The molecule has 14 heavy (non-hydrogen) atoms. The van der Waals surface area contributed by atoms with Gasteiger partial charge in [-0.3, -0.25) is 0 Å². The first-order chi connectivity index (χ1) is 6.51. The Morgan fingerprint density at radius 2 is 2.14 bits per heavy atom. The fraction of sp³-hybridized carbons (Fsp3) is 0.333. The molecule has 0 aliphatic heterocycles. The van der Waals surface area contributed by atoms with Gasteiger partial charge in [-0.15, -0.1) is 23.5 Å². The highest BCUT2D eigenvalue weighted by atomic mass is 32.1. The van der Waals surface area contributed by atoms with Crippen LogP contribution in [0.1, 0.15) is 9.75 Å². The molecule has 74 valence electrons. The average molecular weight is 220 g/mol. The molecular weight excluding hydrogens is 204 g/mol. The van der Waals surface area contributed by atoms with Gasteiger partial charge < -0.3 is 0 Å². The van der Waals surface area contributed by atoms with E-state index in [1.54, 1.807) is 11.3 Å². The Morgan fingerprint density at radius 3 is 2.71 bits per heavy atom. The molecule has 0 bridgehead atoms. The number of rotatable bonds is 2. The van der Waals surface area contributed by atoms with Crippen molar-refractivity contribution < 1.29 is 0 Å². The topological polar surface area (TPSA) is 0 Å². The molecule has 0 saturated carbocycles. The molecule has 2 heteroatoms. The lowest BCUT2D eigenvalue weighted by Crippen LogP contribution is -2.16. The van der Waals surface area contributed by atoms with Crippen LogP contribution in [0.2, 0.25) is 19.6 Å². The maximum absolute atomic E-state index is 3.73. The largest absolute Gasteiger partial charge is 0.131 e. The molecule has 1 aromatic heterocycles. The quantitative estimate of drug-likeness (QED) is 0.405. The summed E-state index contributed by atoms with van der Waals surface area (Å²) < 4.78 is 0. The number of thiophene rings is 1. The van der Waals surface area contributed by atoms with Gasteiger partial charge in [0.25, 0.3) is 0 Å². The first-order valence-electron chi connectivity index (χ1n) is 4.74. The van der Waals surface area contributed by atoms with Gasteiger partial charge in [-0.05, 0) is 18.6 Å². The van der Waals surface area contributed by atoms with Gasteiger partial charge in [0, 0.05) is 4.88 Å². The van der Waals surface area contributed by atoms with E-state index < -0.39 is 8.07 Å². The molecule has 0 aromatic carbocycles. The van der Waals surface area contributed by atoms with E-state index in [-0.39, 0.29) is 0 Å². The third kappa shape index (κ3) is 3.95.